The number of fused-ring (bicyclic) bond motifs is 1. The number of rotatable bonds is 6. The van der Waals surface area contributed by atoms with Crippen LogP contribution in [0, 0.1) is 6.92 Å². The van der Waals surface area contributed by atoms with Gasteiger partial charge in [0.2, 0.25) is 5.91 Å². The van der Waals surface area contributed by atoms with Crippen LogP contribution < -0.4 is 11.3 Å². The number of hydrogen-bond acceptors (Lipinski definition) is 6. The van der Waals surface area contributed by atoms with E-state index < -0.39 is 11.2 Å². The van der Waals surface area contributed by atoms with Gasteiger partial charge in [-0.25, -0.2) is 4.98 Å². The molecule has 2 aromatic heterocycles. The molecule has 0 aromatic carbocycles. The van der Waals surface area contributed by atoms with Crippen LogP contribution in [0.1, 0.15) is 37.1 Å². The molecule has 1 aliphatic rings. The summed E-state index contributed by atoms with van der Waals surface area (Å²) in [4.78, 5) is 31.3. The first kappa shape index (κ1) is 18.4. The molecule has 0 bridgehead atoms. The molecular weight excluding hydrogens is 358 g/mol. The normalized spacial score (nSPS) is 18.8. The van der Waals surface area contributed by atoms with Crippen molar-refractivity contribution >= 4 is 39.2 Å². The van der Waals surface area contributed by atoms with Crippen LogP contribution in [-0.4, -0.2) is 33.4 Å². The highest BCUT2D eigenvalue weighted by molar-refractivity contribution is 8.00. The summed E-state index contributed by atoms with van der Waals surface area (Å²) in [6, 6.07) is 0. The first-order valence-electron chi connectivity index (χ1n) is 8.52. The van der Waals surface area contributed by atoms with Crippen molar-refractivity contribution in [2.75, 3.05) is 6.61 Å². The Labute approximate surface area is 154 Å². The molecule has 3 heterocycles. The van der Waals surface area contributed by atoms with Crippen molar-refractivity contribution in [3.8, 4) is 0 Å². The molecule has 136 valence electrons. The second kappa shape index (κ2) is 7.47. The second-order valence-corrected chi connectivity index (χ2v) is 8.79. The molecule has 1 aliphatic heterocycles. The van der Waals surface area contributed by atoms with Gasteiger partial charge in [-0.3, -0.25) is 14.2 Å². The highest BCUT2D eigenvalue weighted by atomic mass is 32.2. The number of thiophene rings is 1. The van der Waals surface area contributed by atoms with Crippen molar-refractivity contribution in [2.45, 2.75) is 63.1 Å². The first-order valence-corrected chi connectivity index (χ1v) is 10.2. The Balaban J connectivity index is 2.13. The van der Waals surface area contributed by atoms with Crippen LogP contribution in [0.4, 0.5) is 0 Å². The van der Waals surface area contributed by atoms with Gasteiger partial charge in [-0.2, -0.15) is 0 Å². The molecule has 1 saturated heterocycles. The second-order valence-electron chi connectivity index (χ2n) is 6.28. The molecule has 8 heteroatoms. The smallest absolute Gasteiger partial charge is 0.263 e. The first-order chi connectivity index (χ1) is 11.9. The number of hydrogen-bond donors (Lipinski definition) is 1. The van der Waals surface area contributed by atoms with Crippen molar-refractivity contribution in [1.29, 1.82) is 0 Å². The quantitative estimate of drug-likeness (QED) is 0.613. The summed E-state index contributed by atoms with van der Waals surface area (Å²) < 4.78 is 7.38. The van der Waals surface area contributed by atoms with Crippen LogP contribution in [0.5, 0.6) is 0 Å². The Bertz CT molecular complexity index is 853. The standard InChI is InChI=1S/C17H23N3O3S2/c1-4-12-9(2)24-15-13(12)16(22)20(8-11-6-5-7-23-11)17(19-15)25-10(3)14(18)21/h10-11H,4-8H2,1-3H3,(H2,18,21)/t10-,11-/m0/s1. The minimum atomic E-state index is -0.452. The third kappa shape index (κ3) is 3.61. The van der Waals surface area contributed by atoms with Crippen LogP contribution in [0.3, 0.4) is 0 Å². The predicted octanol–water partition coefficient (Wildman–Crippen LogP) is 2.47. The number of carbonyl (C=O) groups is 1. The largest absolute Gasteiger partial charge is 0.376 e. The summed E-state index contributed by atoms with van der Waals surface area (Å²) in [6.07, 6.45) is 2.76. The summed E-state index contributed by atoms with van der Waals surface area (Å²) in [7, 11) is 0. The topological polar surface area (TPSA) is 87.2 Å². The Kier molecular flexibility index (Phi) is 5.50. The number of nitrogens with zero attached hydrogens (tertiary/aromatic N) is 2. The van der Waals surface area contributed by atoms with E-state index in [1.165, 1.54) is 23.1 Å². The summed E-state index contributed by atoms with van der Waals surface area (Å²) in [5, 5.41) is 0.800. The monoisotopic (exact) mass is 381 g/mol. The van der Waals surface area contributed by atoms with Crippen molar-refractivity contribution in [2.24, 2.45) is 5.73 Å². The van der Waals surface area contributed by atoms with Crippen LogP contribution >= 0.6 is 23.1 Å². The summed E-state index contributed by atoms with van der Waals surface area (Å²) in [6.45, 7) is 7.00. The Morgan fingerprint density at radius 2 is 2.32 bits per heavy atom. The molecule has 6 nitrogen and oxygen atoms in total. The van der Waals surface area contributed by atoms with Gasteiger partial charge in [-0.05, 0) is 38.7 Å². The number of aromatic nitrogens is 2. The fraction of sp³-hybridized carbons (Fsp3) is 0.588. The lowest BCUT2D eigenvalue weighted by Crippen LogP contribution is -2.30. The number of carbonyl (C=O) groups excluding carboxylic acids is 1. The fourth-order valence-corrected chi connectivity index (χ4v) is 5.14. The van der Waals surface area contributed by atoms with Crippen LogP contribution in [-0.2, 0) is 22.5 Å². The third-order valence-electron chi connectivity index (χ3n) is 4.52. The maximum absolute atomic E-state index is 13.2. The van der Waals surface area contributed by atoms with Gasteiger partial charge in [0.25, 0.3) is 5.56 Å². The van der Waals surface area contributed by atoms with Gasteiger partial charge < -0.3 is 10.5 Å². The highest BCUT2D eigenvalue weighted by Gasteiger charge is 2.24. The minimum absolute atomic E-state index is 0.0185. The highest BCUT2D eigenvalue weighted by Crippen LogP contribution is 2.31. The molecule has 0 aliphatic carbocycles. The zero-order valence-electron chi connectivity index (χ0n) is 14.7. The van der Waals surface area contributed by atoms with Crippen molar-refractivity contribution < 1.29 is 9.53 Å². The van der Waals surface area contributed by atoms with Gasteiger partial charge in [0.05, 0.1) is 23.3 Å². The van der Waals surface area contributed by atoms with Crippen molar-refractivity contribution in [1.82, 2.24) is 9.55 Å². The number of amides is 1. The maximum Gasteiger partial charge on any atom is 0.263 e. The Morgan fingerprint density at radius 1 is 1.56 bits per heavy atom. The molecule has 2 atom stereocenters. The SMILES string of the molecule is CCc1c(C)sc2nc(S[C@@H](C)C(N)=O)n(C[C@@H]3CCCO3)c(=O)c12. The molecule has 0 unspecified atom stereocenters. The van der Waals surface area contributed by atoms with Gasteiger partial charge in [-0.15, -0.1) is 11.3 Å². The molecular formula is C17H23N3O3S2. The predicted molar refractivity (Wildman–Crippen MR) is 101 cm³/mol. The summed E-state index contributed by atoms with van der Waals surface area (Å²) in [5.74, 6) is -0.417. The van der Waals surface area contributed by atoms with Gasteiger partial charge in [0.1, 0.15) is 4.83 Å². The molecule has 0 spiro atoms. The Hall–Kier alpha value is -1.38. The number of nitrogens with two attached hydrogens (primary N) is 1. The van der Waals surface area contributed by atoms with Crippen molar-refractivity contribution in [3.63, 3.8) is 0 Å². The fourth-order valence-electron chi connectivity index (χ4n) is 3.12. The van der Waals surface area contributed by atoms with E-state index in [9.17, 15) is 9.59 Å². The van der Waals surface area contributed by atoms with E-state index >= 15 is 0 Å². The number of thioether (sulfide) groups is 1. The van der Waals surface area contributed by atoms with Gasteiger partial charge >= 0.3 is 0 Å². The molecule has 3 rings (SSSR count). The van der Waals surface area contributed by atoms with E-state index in [1.807, 2.05) is 6.92 Å². The minimum Gasteiger partial charge on any atom is -0.376 e. The van der Waals surface area contributed by atoms with Crippen molar-refractivity contribution in [3.05, 3.63) is 20.8 Å². The summed E-state index contributed by atoms with van der Waals surface area (Å²) >= 11 is 2.78. The van der Waals surface area contributed by atoms with Gasteiger partial charge in [0, 0.05) is 11.5 Å². The summed E-state index contributed by atoms with van der Waals surface area (Å²) in [5.41, 5.74) is 6.43. The molecule has 1 fully saturated rings. The number of primary amides is 1. The third-order valence-corrected chi connectivity index (χ3v) is 6.67. The van der Waals surface area contributed by atoms with E-state index in [4.69, 9.17) is 15.5 Å². The lowest BCUT2D eigenvalue weighted by molar-refractivity contribution is -0.117. The molecule has 1 amide bonds. The molecule has 2 N–H and O–H groups in total. The average molecular weight is 382 g/mol. The van der Waals surface area contributed by atoms with Crippen LogP contribution in [0.15, 0.2) is 9.95 Å². The van der Waals surface area contributed by atoms with Gasteiger partial charge in [-0.1, -0.05) is 18.7 Å². The maximum atomic E-state index is 13.2. The lowest BCUT2D eigenvalue weighted by Gasteiger charge is -2.17. The number of ether oxygens (including phenoxy) is 1. The van der Waals surface area contributed by atoms with E-state index in [2.05, 4.69) is 6.92 Å². The van der Waals surface area contributed by atoms with Crippen LogP contribution in [0.25, 0.3) is 10.2 Å². The average Bonchev–Trinajstić information content (AvgIpc) is 3.17. The van der Waals surface area contributed by atoms with E-state index in [0.29, 0.717) is 17.1 Å². The molecule has 0 saturated carbocycles. The zero-order chi connectivity index (χ0) is 18.1. The number of aryl methyl sites for hydroxylation is 2. The molecule has 2 aromatic rings. The Morgan fingerprint density at radius 3 is 2.92 bits per heavy atom. The molecule has 25 heavy (non-hydrogen) atoms. The lowest BCUT2D eigenvalue weighted by atomic mass is 10.1. The molecule has 0 radical (unpaired) electrons. The van der Waals surface area contributed by atoms with Gasteiger partial charge in [0.15, 0.2) is 5.16 Å². The van der Waals surface area contributed by atoms with E-state index in [1.54, 1.807) is 11.5 Å². The van der Waals surface area contributed by atoms with E-state index in [-0.39, 0.29) is 11.7 Å². The zero-order valence-corrected chi connectivity index (χ0v) is 16.3. The van der Waals surface area contributed by atoms with E-state index in [0.717, 1.165) is 41.1 Å². The van der Waals surface area contributed by atoms with Crippen LogP contribution in [0.2, 0.25) is 0 Å².